The van der Waals surface area contributed by atoms with E-state index >= 15 is 0 Å². The zero-order chi connectivity index (χ0) is 12.7. The van der Waals surface area contributed by atoms with Crippen LogP contribution in [-0.2, 0) is 9.53 Å². The molecule has 1 aromatic carbocycles. The van der Waals surface area contributed by atoms with E-state index in [-0.39, 0.29) is 18.0 Å². The second-order valence-corrected chi connectivity index (χ2v) is 3.35. The highest BCUT2D eigenvalue weighted by molar-refractivity contribution is 5.77. The van der Waals surface area contributed by atoms with E-state index in [1.54, 1.807) is 19.1 Å². The number of hydrogen-bond acceptors (Lipinski definition) is 3. The molecule has 0 saturated carbocycles. The maximum absolute atomic E-state index is 13.0. The lowest BCUT2D eigenvalue weighted by molar-refractivity contribution is -0.142. The van der Waals surface area contributed by atoms with E-state index in [1.165, 1.54) is 12.1 Å². The van der Waals surface area contributed by atoms with Gasteiger partial charge >= 0.3 is 5.97 Å². The van der Waals surface area contributed by atoms with E-state index in [9.17, 15) is 14.0 Å². The number of rotatable bonds is 5. The van der Waals surface area contributed by atoms with E-state index < -0.39 is 5.82 Å². The van der Waals surface area contributed by atoms with Gasteiger partial charge in [-0.3, -0.25) is 9.59 Å². The highest BCUT2D eigenvalue weighted by Gasteiger charge is 1.99. The van der Waals surface area contributed by atoms with Crippen molar-refractivity contribution in [2.24, 2.45) is 0 Å². The quantitative estimate of drug-likeness (QED) is 0.583. The Kier molecular flexibility index (Phi) is 5.07. The molecule has 17 heavy (non-hydrogen) atoms. The molecular formula is C13H13FO3. The molecule has 0 spiro atoms. The predicted molar refractivity (Wildman–Crippen MR) is 62.1 cm³/mol. The Labute approximate surface area is 98.9 Å². The summed E-state index contributed by atoms with van der Waals surface area (Å²) in [5.41, 5.74) is 0.803. The molecule has 0 N–H and O–H groups in total. The number of benzene rings is 1. The first-order valence-electron chi connectivity index (χ1n) is 5.23. The van der Waals surface area contributed by atoms with E-state index in [4.69, 9.17) is 4.74 Å². The van der Waals surface area contributed by atoms with E-state index in [0.717, 1.165) is 6.07 Å². The summed E-state index contributed by atoms with van der Waals surface area (Å²) in [6.07, 6.45) is 3.85. The summed E-state index contributed by atoms with van der Waals surface area (Å²) in [5, 5.41) is 0. The normalized spacial score (nSPS) is 10.5. The third-order valence-corrected chi connectivity index (χ3v) is 1.98. The van der Waals surface area contributed by atoms with Crippen LogP contribution in [0.5, 0.6) is 0 Å². The molecule has 0 atom stereocenters. The summed E-state index contributed by atoms with van der Waals surface area (Å²) >= 11 is 0. The lowest BCUT2D eigenvalue weighted by Gasteiger charge is -1.98. The maximum atomic E-state index is 13.0. The van der Waals surface area contributed by atoms with Crippen molar-refractivity contribution in [1.29, 1.82) is 0 Å². The minimum Gasteiger partial charge on any atom is -0.466 e. The van der Waals surface area contributed by atoms with Gasteiger partial charge in [-0.2, -0.15) is 0 Å². The van der Waals surface area contributed by atoms with Gasteiger partial charge in [-0.25, -0.2) is 4.39 Å². The first-order valence-corrected chi connectivity index (χ1v) is 5.23. The van der Waals surface area contributed by atoms with Crippen molar-refractivity contribution < 1.29 is 18.7 Å². The Morgan fingerprint density at radius 1 is 1.35 bits per heavy atom. The predicted octanol–water partition coefficient (Wildman–Crippen LogP) is 2.60. The van der Waals surface area contributed by atoms with Gasteiger partial charge in [0.15, 0.2) is 0 Å². The number of esters is 1. The van der Waals surface area contributed by atoms with Crippen molar-refractivity contribution in [1.82, 2.24) is 0 Å². The van der Waals surface area contributed by atoms with Gasteiger partial charge in [-0.05, 0) is 30.7 Å². The molecule has 0 aliphatic heterocycles. The van der Waals surface area contributed by atoms with E-state index in [0.29, 0.717) is 18.5 Å². The molecule has 3 nitrogen and oxygen atoms in total. The molecule has 1 aromatic rings. The molecule has 0 bridgehead atoms. The second kappa shape index (κ2) is 6.58. The molecule has 0 aliphatic carbocycles. The Balaban J connectivity index is 2.67. The number of carbonyl (C=O) groups is 2. The number of aldehydes is 1. The van der Waals surface area contributed by atoms with Gasteiger partial charge in [-0.15, -0.1) is 0 Å². The first-order chi connectivity index (χ1) is 8.15. The molecule has 0 unspecified atom stereocenters. The molecule has 4 heteroatoms. The SMILES string of the molecule is CCOC(=O)CC=Cc1cc(F)cc(C=O)c1. The fourth-order valence-corrected chi connectivity index (χ4v) is 1.31. The lowest BCUT2D eigenvalue weighted by atomic mass is 10.1. The number of carbonyl (C=O) groups excluding carboxylic acids is 2. The summed E-state index contributed by atoms with van der Waals surface area (Å²) in [4.78, 5) is 21.5. The van der Waals surface area contributed by atoms with Crippen LogP contribution in [0.4, 0.5) is 4.39 Å². The van der Waals surface area contributed by atoms with Crippen LogP contribution in [0.2, 0.25) is 0 Å². The standard InChI is InChI=1S/C13H13FO3/c1-2-17-13(16)5-3-4-10-6-11(9-15)8-12(14)7-10/h3-4,6-9H,2,5H2,1H3. The Hall–Kier alpha value is -1.97. The molecule has 0 amide bonds. The van der Waals surface area contributed by atoms with Gasteiger partial charge in [0.1, 0.15) is 12.1 Å². The summed E-state index contributed by atoms with van der Waals surface area (Å²) in [6, 6.07) is 3.97. The molecule has 0 aliphatic rings. The van der Waals surface area contributed by atoms with Crippen molar-refractivity contribution in [3.8, 4) is 0 Å². The molecule has 0 fully saturated rings. The highest BCUT2D eigenvalue weighted by atomic mass is 19.1. The molecule has 0 saturated heterocycles. The molecule has 0 aromatic heterocycles. The minimum atomic E-state index is -0.481. The van der Waals surface area contributed by atoms with Crippen molar-refractivity contribution in [2.75, 3.05) is 6.61 Å². The topological polar surface area (TPSA) is 43.4 Å². The van der Waals surface area contributed by atoms with E-state index in [1.807, 2.05) is 0 Å². The number of hydrogen-bond donors (Lipinski definition) is 0. The lowest BCUT2D eigenvalue weighted by Crippen LogP contribution is -2.01. The van der Waals surface area contributed by atoms with Gasteiger partial charge in [0, 0.05) is 5.56 Å². The third-order valence-electron chi connectivity index (χ3n) is 1.98. The van der Waals surface area contributed by atoms with Crippen LogP contribution in [0, 0.1) is 5.82 Å². The summed E-state index contributed by atoms with van der Waals surface area (Å²) < 4.78 is 17.8. The molecule has 0 heterocycles. The fourth-order valence-electron chi connectivity index (χ4n) is 1.31. The number of ether oxygens (including phenoxy) is 1. The number of halogens is 1. The fraction of sp³-hybridized carbons (Fsp3) is 0.231. The average Bonchev–Trinajstić information content (AvgIpc) is 2.28. The highest BCUT2D eigenvalue weighted by Crippen LogP contribution is 2.10. The Morgan fingerprint density at radius 2 is 2.06 bits per heavy atom. The third kappa shape index (κ3) is 4.59. The van der Waals surface area contributed by atoms with Gasteiger partial charge in [0.2, 0.25) is 0 Å². The monoisotopic (exact) mass is 236 g/mol. The van der Waals surface area contributed by atoms with Crippen molar-refractivity contribution in [3.63, 3.8) is 0 Å². The summed E-state index contributed by atoms with van der Waals surface area (Å²) in [5.74, 6) is -0.818. The molecule has 1 rings (SSSR count). The molecular weight excluding hydrogens is 223 g/mol. The van der Waals surface area contributed by atoms with Crippen LogP contribution in [0.3, 0.4) is 0 Å². The zero-order valence-corrected chi connectivity index (χ0v) is 9.48. The van der Waals surface area contributed by atoms with Crippen LogP contribution in [-0.4, -0.2) is 18.9 Å². The smallest absolute Gasteiger partial charge is 0.309 e. The van der Waals surface area contributed by atoms with E-state index in [2.05, 4.69) is 0 Å². The molecule has 90 valence electrons. The summed E-state index contributed by atoms with van der Waals surface area (Å²) in [6.45, 7) is 2.06. The van der Waals surface area contributed by atoms with Crippen LogP contribution >= 0.6 is 0 Å². The minimum absolute atomic E-state index is 0.126. The largest absolute Gasteiger partial charge is 0.466 e. The zero-order valence-electron chi connectivity index (χ0n) is 9.48. The van der Waals surface area contributed by atoms with Gasteiger partial charge in [0.05, 0.1) is 13.0 Å². The average molecular weight is 236 g/mol. The Bertz CT molecular complexity index is 438. The molecule has 0 radical (unpaired) electrons. The van der Waals surface area contributed by atoms with Gasteiger partial charge in [-0.1, -0.05) is 12.2 Å². The van der Waals surface area contributed by atoms with Crippen molar-refractivity contribution >= 4 is 18.3 Å². The second-order valence-electron chi connectivity index (χ2n) is 3.35. The van der Waals surface area contributed by atoms with Gasteiger partial charge < -0.3 is 4.74 Å². The maximum Gasteiger partial charge on any atom is 0.309 e. The first kappa shape index (κ1) is 13.1. The summed E-state index contributed by atoms with van der Waals surface area (Å²) in [7, 11) is 0. The van der Waals surface area contributed by atoms with Gasteiger partial charge in [0.25, 0.3) is 0 Å². The van der Waals surface area contributed by atoms with Crippen LogP contribution in [0.15, 0.2) is 24.3 Å². The van der Waals surface area contributed by atoms with Crippen LogP contribution < -0.4 is 0 Å². The van der Waals surface area contributed by atoms with Crippen molar-refractivity contribution in [2.45, 2.75) is 13.3 Å². The van der Waals surface area contributed by atoms with Crippen molar-refractivity contribution in [3.05, 3.63) is 41.2 Å². The Morgan fingerprint density at radius 3 is 2.71 bits per heavy atom. The van der Waals surface area contributed by atoms with Crippen LogP contribution in [0.25, 0.3) is 6.08 Å². The van der Waals surface area contributed by atoms with Crippen LogP contribution in [0.1, 0.15) is 29.3 Å².